The Kier molecular flexibility index (Phi) is 5.55. The van der Waals surface area contributed by atoms with Crippen LogP contribution in [0.1, 0.15) is 27.7 Å². The number of aliphatic hydroxyl groups is 1. The smallest absolute Gasteiger partial charge is 0.332 e. The van der Waals surface area contributed by atoms with Crippen molar-refractivity contribution in [3.8, 4) is 11.1 Å². The number of anilines is 1. The monoisotopic (exact) mass is 364 g/mol. The standard InChI is InChI=1S/C18H21BCl2NO2/c1-17(2,23)18(3,4)24-19-13-9-5-7-11(15(13)20)12-8-6-10-14(22)16(12)21/h5-10,23H,22H2,1-4H3. The molecule has 127 valence electrons. The Morgan fingerprint density at radius 3 is 2.08 bits per heavy atom. The van der Waals surface area contributed by atoms with Gasteiger partial charge in [0.25, 0.3) is 0 Å². The zero-order valence-corrected chi connectivity index (χ0v) is 15.7. The van der Waals surface area contributed by atoms with Crippen LogP contribution in [0.5, 0.6) is 0 Å². The first kappa shape index (κ1) is 19.1. The topological polar surface area (TPSA) is 55.5 Å². The average molecular weight is 365 g/mol. The van der Waals surface area contributed by atoms with Gasteiger partial charge in [0, 0.05) is 16.1 Å². The summed E-state index contributed by atoms with van der Waals surface area (Å²) in [6.07, 6.45) is 0. The Hall–Kier alpha value is -1.20. The van der Waals surface area contributed by atoms with Gasteiger partial charge in [-0.25, -0.2) is 0 Å². The molecule has 0 atom stereocenters. The van der Waals surface area contributed by atoms with Crippen molar-refractivity contribution in [1.82, 2.24) is 0 Å². The highest BCUT2D eigenvalue weighted by molar-refractivity contribution is 6.54. The van der Waals surface area contributed by atoms with Crippen molar-refractivity contribution < 1.29 is 9.76 Å². The van der Waals surface area contributed by atoms with Crippen LogP contribution >= 0.6 is 23.2 Å². The van der Waals surface area contributed by atoms with Crippen LogP contribution in [0, 0.1) is 0 Å². The minimum absolute atomic E-state index is 0.467. The minimum atomic E-state index is -1.01. The molecule has 0 fully saturated rings. The average Bonchev–Trinajstić information content (AvgIpc) is 2.48. The predicted octanol–water partition coefficient (Wildman–Crippen LogP) is 4.05. The van der Waals surface area contributed by atoms with E-state index in [1.807, 2.05) is 44.2 Å². The van der Waals surface area contributed by atoms with E-state index in [1.165, 1.54) is 0 Å². The molecule has 0 saturated carbocycles. The molecule has 6 heteroatoms. The Morgan fingerprint density at radius 1 is 0.958 bits per heavy atom. The molecule has 0 saturated heterocycles. The van der Waals surface area contributed by atoms with Gasteiger partial charge >= 0.3 is 7.48 Å². The van der Waals surface area contributed by atoms with Crippen molar-refractivity contribution in [2.45, 2.75) is 38.9 Å². The van der Waals surface area contributed by atoms with E-state index in [-0.39, 0.29) is 0 Å². The van der Waals surface area contributed by atoms with Gasteiger partial charge in [0.15, 0.2) is 0 Å². The lowest BCUT2D eigenvalue weighted by Gasteiger charge is -2.37. The summed E-state index contributed by atoms with van der Waals surface area (Å²) in [6.45, 7) is 7.03. The van der Waals surface area contributed by atoms with Crippen LogP contribution in [0.3, 0.4) is 0 Å². The molecule has 0 spiro atoms. The summed E-state index contributed by atoms with van der Waals surface area (Å²) in [5, 5.41) is 11.2. The third-order valence-corrected chi connectivity index (χ3v) is 5.14. The van der Waals surface area contributed by atoms with Gasteiger partial charge in [-0.05, 0) is 39.2 Å². The van der Waals surface area contributed by atoms with E-state index in [1.54, 1.807) is 27.4 Å². The van der Waals surface area contributed by atoms with Crippen molar-refractivity contribution in [3.05, 3.63) is 46.4 Å². The molecule has 2 aromatic carbocycles. The second kappa shape index (κ2) is 6.97. The Morgan fingerprint density at radius 2 is 1.50 bits per heavy atom. The molecule has 2 aromatic rings. The number of benzene rings is 2. The summed E-state index contributed by atoms with van der Waals surface area (Å²) in [6, 6.07) is 11.0. The second-order valence-electron chi connectivity index (χ2n) is 6.72. The van der Waals surface area contributed by atoms with Crippen LogP contribution in [0.15, 0.2) is 36.4 Å². The van der Waals surface area contributed by atoms with Crippen molar-refractivity contribution in [2.24, 2.45) is 0 Å². The molecule has 0 unspecified atom stereocenters. The Bertz CT molecular complexity index is 742. The van der Waals surface area contributed by atoms with Gasteiger partial charge in [-0.2, -0.15) is 0 Å². The summed E-state index contributed by atoms with van der Waals surface area (Å²) in [5.74, 6) is 0. The molecule has 0 aliphatic heterocycles. The van der Waals surface area contributed by atoms with Crippen LogP contribution in [0.25, 0.3) is 11.1 Å². The highest BCUT2D eigenvalue weighted by Crippen LogP contribution is 2.35. The number of hydrogen-bond acceptors (Lipinski definition) is 3. The second-order valence-corrected chi connectivity index (χ2v) is 7.48. The summed E-state index contributed by atoms with van der Waals surface area (Å²) in [5.41, 5.74) is 6.82. The molecular formula is C18H21BCl2NO2. The maximum absolute atomic E-state index is 10.2. The highest BCUT2D eigenvalue weighted by atomic mass is 35.5. The van der Waals surface area contributed by atoms with Gasteiger partial charge in [-0.3, -0.25) is 0 Å². The lowest BCUT2D eigenvalue weighted by Crippen LogP contribution is -2.49. The minimum Gasteiger partial charge on any atom is -0.427 e. The molecule has 3 N–H and O–H groups in total. The number of nitrogens with two attached hydrogens (primary N) is 1. The predicted molar refractivity (Wildman–Crippen MR) is 103 cm³/mol. The molecule has 0 aliphatic carbocycles. The summed E-state index contributed by atoms with van der Waals surface area (Å²) < 4.78 is 5.79. The zero-order chi connectivity index (χ0) is 18.1. The molecule has 0 amide bonds. The van der Waals surface area contributed by atoms with Crippen molar-refractivity contribution >= 4 is 41.8 Å². The highest BCUT2D eigenvalue weighted by Gasteiger charge is 2.36. The van der Waals surface area contributed by atoms with Gasteiger partial charge in [0.05, 0.1) is 21.9 Å². The third kappa shape index (κ3) is 3.89. The van der Waals surface area contributed by atoms with E-state index < -0.39 is 11.2 Å². The van der Waals surface area contributed by atoms with E-state index in [0.717, 1.165) is 11.1 Å². The number of nitrogen functional groups attached to an aromatic ring is 1. The fraction of sp³-hybridized carbons (Fsp3) is 0.333. The molecule has 2 rings (SSSR count). The van der Waals surface area contributed by atoms with Crippen molar-refractivity contribution in [3.63, 3.8) is 0 Å². The van der Waals surface area contributed by atoms with Crippen LogP contribution in [-0.2, 0) is 4.65 Å². The van der Waals surface area contributed by atoms with Crippen molar-refractivity contribution in [1.29, 1.82) is 0 Å². The van der Waals surface area contributed by atoms with Crippen LogP contribution < -0.4 is 11.2 Å². The van der Waals surface area contributed by atoms with Gasteiger partial charge in [-0.1, -0.05) is 53.5 Å². The fourth-order valence-electron chi connectivity index (χ4n) is 1.96. The van der Waals surface area contributed by atoms with E-state index in [0.29, 0.717) is 21.2 Å². The van der Waals surface area contributed by atoms with Gasteiger partial charge in [0.1, 0.15) is 0 Å². The van der Waals surface area contributed by atoms with Gasteiger partial charge < -0.3 is 15.5 Å². The number of rotatable bonds is 5. The SMILES string of the molecule is CC(C)(O)C(C)(C)O[B]c1cccc(-c2cccc(N)c2Cl)c1Cl. The van der Waals surface area contributed by atoms with Gasteiger partial charge in [-0.15, -0.1) is 0 Å². The van der Waals surface area contributed by atoms with E-state index in [9.17, 15) is 5.11 Å². The van der Waals surface area contributed by atoms with E-state index in [2.05, 4.69) is 0 Å². The summed E-state index contributed by atoms with van der Waals surface area (Å²) in [7, 11) is 1.56. The zero-order valence-electron chi connectivity index (χ0n) is 14.2. The lowest BCUT2D eigenvalue weighted by molar-refractivity contribution is -0.0893. The first-order chi connectivity index (χ1) is 11.0. The van der Waals surface area contributed by atoms with Crippen LogP contribution in [0.4, 0.5) is 5.69 Å². The Balaban J connectivity index is 2.34. The van der Waals surface area contributed by atoms with E-state index >= 15 is 0 Å². The molecule has 0 bridgehead atoms. The molecule has 24 heavy (non-hydrogen) atoms. The van der Waals surface area contributed by atoms with Crippen molar-refractivity contribution in [2.75, 3.05) is 5.73 Å². The van der Waals surface area contributed by atoms with Crippen LogP contribution in [0.2, 0.25) is 10.0 Å². The molecule has 0 aromatic heterocycles. The van der Waals surface area contributed by atoms with Gasteiger partial charge in [0.2, 0.25) is 0 Å². The fourth-order valence-corrected chi connectivity index (χ4v) is 2.46. The maximum atomic E-state index is 10.2. The molecule has 3 nitrogen and oxygen atoms in total. The number of hydrogen-bond donors (Lipinski definition) is 2. The summed E-state index contributed by atoms with van der Waals surface area (Å²) >= 11 is 12.8. The maximum Gasteiger partial charge on any atom is 0.332 e. The molecule has 0 heterocycles. The lowest BCUT2D eigenvalue weighted by atomic mass is 9.81. The quantitative estimate of drug-likeness (QED) is 0.621. The first-order valence-electron chi connectivity index (χ1n) is 7.61. The molecule has 1 radical (unpaired) electrons. The normalized spacial score (nSPS) is 12.3. The first-order valence-corrected chi connectivity index (χ1v) is 8.36. The summed E-state index contributed by atoms with van der Waals surface area (Å²) in [4.78, 5) is 0. The molecular weight excluding hydrogens is 344 g/mol. The van der Waals surface area contributed by atoms with E-state index in [4.69, 9.17) is 33.6 Å². The number of halogens is 2. The Labute approximate surface area is 154 Å². The largest absolute Gasteiger partial charge is 0.427 e. The van der Waals surface area contributed by atoms with Crippen LogP contribution in [-0.4, -0.2) is 23.8 Å². The molecule has 0 aliphatic rings. The third-order valence-electron chi connectivity index (χ3n) is 4.30.